The first kappa shape index (κ1) is 56.7. The maximum absolute atomic E-state index is 12.1. The number of benzene rings is 2. The lowest BCUT2D eigenvalue weighted by Gasteiger charge is -2.26. The van der Waals surface area contributed by atoms with Gasteiger partial charge in [0.1, 0.15) is 36.9 Å². The summed E-state index contributed by atoms with van der Waals surface area (Å²) in [5, 5.41) is 33.2. The monoisotopic (exact) mass is 909 g/mol. The lowest BCUT2D eigenvalue weighted by Crippen LogP contribution is -2.25. The van der Waals surface area contributed by atoms with Crippen molar-refractivity contribution in [1.29, 1.82) is 0 Å². The number of hydrogen-bond acceptors (Lipinski definition) is 7. The van der Waals surface area contributed by atoms with Crippen LogP contribution >= 0.6 is 0 Å². The molecule has 0 aromatic heterocycles. The Hall–Kier alpha value is -2.65. The van der Waals surface area contributed by atoms with Crippen molar-refractivity contribution in [3.63, 3.8) is 0 Å². The number of allylic oxidation sites excluding steroid dienone is 1. The third-order valence-corrected chi connectivity index (χ3v) is 13.3. The summed E-state index contributed by atoms with van der Waals surface area (Å²) in [6.45, 7) is 6.25. The van der Waals surface area contributed by atoms with Crippen LogP contribution in [0.3, 0.4) is 0 Å². The van der Waals surface area contributed by atoms with E-state index in [1.165, 1.54) is 180 Å². The van der Waals surface area contributed by atoms with Crippen molar-refractivity contribution in [3.8, 4) is 11.5 Å². The molecule has 3 rings (SSSR count). The number of aliphatic hydroxyl groups excluding tert-OH is 2. The number of rotatable bonds is 45. The highest BCUT2D eigenvalue weighted by Gasteiger charge is 2.27. The van der Waals surface area contributed by atoms with Crippen LogP contribution in [-0.4, -0.2) is 73.1 Å². The minimum absolute atomic E-state index is 0.0250. The molecular weight excluding hydrogens is 813 g/mol. The first-order valence-corrected chi connectivity index (χ1v) is 27.2. The first-order chi connectivity index (χ1) is 32.0. The largest absolute Gasteiger partial charge is 0.490 e. The SMILES string of the molecule is CCCCCCCCCCCCCCCCCCOCC(O)COc1c2c(c(OCC(O)COCCCCCCCCCCCCCCCCCC)c3ccccc13)CC(C(=O)O)=CC2. The molecule has 1 aliphatic rings. The zero-order valence-corrected chi connectivity index (χ0v) is 41.7. The van der Waals surface area contributed by atoms with Crippen LogP contribution in [0.5, 0.6) is 11.5 Å². The summed E-state index contributed by atoms with van der Waals surface area (Å²) < 4.78 is 24.4. The van der Waals surface area contributed by atoms with Gasteiger partial charge in [0, 0.05) is 47.1 Å². The molecule has 0 radical (unpaired) electrons. The van der Waals surface area contributed by atoms with Gasteiger partial charge in [-0.3, -0.25) is 0 Å². The summed E-state index contributed by atoms with van der Waals surface area (Å²) in [5.74, 6) is 0.231. The average molecular weight is 909 g/mol. The number of hydrogen-bond donors (Lipinski definition) is 3. The highest BCUT2D eigenvalue weighted by molar-refractivity contribution is 5.98. The number of carbonyl (C=O) groups is 1. The molecule has 0 bridgehead atoms. The summed E-state index contributed by atoms with van der Waals surface area (Å²) in [4.78, 5) is 12.1. The minimum atomic E-state index is -0.961. The first-order valence-electron chi connectivity index (χ1n) is 27.2. The van der Waals surface area contributed by atoms with Gasteiger partial charge in [-0.2, -0.15) is 0 Å². The van der Waals surface area contributed by atoms with E-state index in [4.69, 9.17) is 18.9 Å². The molecule has 2 unspecified atom stereocenters. The minimum Gasteiger partial charge on any atom is -0.490 e. The lowest BCUT2D eigenvalue weighted by molar-refractivity contribution is -0.132. The molecule has 8 nitrogen and oxygen atoms in total. The molecule has 0 amide bonds. The summed E-state index contributed by atoms with van der Waals surface area (Å²) in [6.07, 6.45) is 43.1. The predicted octanol–water partition coefficient (Wildman–Crippen LogP) is 15.0. The number of aliphatic carboxylic acids is 1. The maximum atomic E-state index is 12.1. The topological polar surface area (TPSA) is 115 Å². The van der Waals surface area contributed by atoms with Crippen molar-refractivity contribution in [2.24, 2.45) is 0 Å². The molecule has 2 atom stereocenters. The molecule has 0 saturated carbocycles. The van der Waals surface area contributed by atoms with E-state index in [-0.39, 0.29) is 32.8 Å². The molecule has 2 aromatic rings. The zero-order valence-electron chi connectivity index (χ0n) is 41.7. The van der Waals surface area contributed by atoms with Gasteiger partial charge < -0.3 is 34.3 Å². The smallest absolute Gasteiger partial charge is 0.331 e. The Labute approximate surface area is 397 Å². The predicted molar refractivity (Wildman–Crippen MR) is 271 cm³/mol. The fraction of sp³-hybridized carbons (Fsp3) is 0.772. The van der Waals surface area contributed by atoms with E-state index in [0.717, 1.165) is 47.6 Å². The molecule has 0 aliphatic heterocycles. The molecule has 3 N–H and O–H groups in total. The van der Waals surface area contributed by atoms with Crippen molar-refractivity contribution < 1.29 is 39.1 Å². The third-order valence-electron chi connectivity index (χ3n) is 13.3. The Balaban J connectivity index is 1.31. The van der Waals surface area contributed by atoms with Gasteiger partial charge in [0.2, 0.25) is 0 Å². The molecule has 65 heavy (non-hydrogen) atoms. The molecule has 0 fully saturated rings. The molecule has 0 heterocycles. The molecule has 0 saturated heterocycles. The van der Waals surface area contributed by atoms with Gasteiger partial charge in [-0.1, -0.05) is 237 Å². The summed E-state index contributed by atoms with van der Waals surface area (Å²) in [7, 11) is 0. The number of carboxylic acid groups (broad SMARTS) is 1. The van der Waals surface area contributed by atoms with E-state index in [1.54, 1.807) is 6.08 Å². The normalized spacial score (nSPS) is 13.5. The van der Waals surface area contributed by atoms with Crippen LogP contribution < -0.4 is 9.47 Å². The van der Waals surface area contributed by atoms with Crippen molar-refractivity contribution in [3.05, 3.63) is 47.0 Å². The summed E-state index contributed by atoms with van der Waals surface area (Å²) >= 11 is 0. The summed E-state index contributed by atoms with van der Waals surface area (Å²) in [6, 6.07) is 7.76. The van der Waals surface area contributed by atoms with Crippen LogP contribution in [-0.2, 0) is 27.1 Å². The van der Waals surface area contributed by atoms with E-state index in [2.05, 4.69) is 13.8 Å². The van der Waals surface area contributed by atoms with Crippen LogP contribution in [0.25, 0.3) is 10.8 Å². The van der Waals surface area contributed by atoms with E-state index < -0.39 is 18.2 Å². The molecule has 372 valence electrons. The molecule has 0 spiro atoms. The number of unbranched alkanes of at least 4 members (excludes halogenated alkanes) is 30. The van der Waals surface area contributed by atoms with E-state index in [0.29, 0.717) is 36.7 Å². The van der Waals surface area contributed by atoms with Crippen molar-refractivity contribution in [2.75, 3.05) is 39.6 Å². The maximum Gasteiger partial charge on any atom is 0.331 e. The second-order valence-corrected chi connectivity index (χ2v) is 19.3. The lowest BCUT2D eigenvalue weighted by atomic mass is 9.87. The molecule has 1 aliphatic carbocycles. The highest BCUT2D eigenvalue weighted by Crippen LogP contribution is 2.44. The van der Waals surface area contributed by atoms with E-state index >= 15 is 0 Å². The van der Waals surface area contributed by atoms with Gasteiger partial charge in [-0.25, -0.2) is 4.79 Å². The Kier molecular flexibility index (Phi) is 33.4. The van der Waals surface area contributed by atoms with Crippen molar-refractivity contribution in [1.82, 2.24) is 0 Å². The number of aliphatic hydroxyl groups is 2. The van der Waals surface area contributed by atoms with Crippen molar-refractivity contribution >= 4 is 16.7 Å². The fourth-order valence-corrected chi connectivity index (χ4v) is 9.26. The van der Waals surface area contributed by atoms with Gasteiger partial charge in [0.25, 0.3) is 0 Å². The average Bonchev–Trinajstić information content (AvgIpc) is 3.31. The Morgan fingerprint density at radius 1 is 0.477 bits per heavy atom. The van der Waals surface area contributed by atoms with E-state index in [1.807, 2.05) is 24.3 Å². The van der Waals surface area contributed by atoms with Crippen LogP contribution in [0.4, 0.5) is 0 Å². The number of fused-ring (bicyclic) bond motifs is 2. The highest BCUT2D eigenvalue weighted by atomic mass is 16.5. The molecular formula is C57H96O8. The second kappa shape index (κ2) is 38.3. The number of carboxylic acids is 1. The standard InChI is InChI=1S/C57H96O8/c1-3-5-7-9-11-13-15-17-19-21-23-25-27-29-31-35-41-62-44-49(58)46-64-55-51-37-33-34-38-52(51)56(54-43-48(57(60)61)39-40-53(54)55)65-47-50(59)45-63-42-36-32-30-28-26-24-22-20-18-16-14-12-10-8-6-4-2/h33-34,37-39,49-50,58-59H,3-32,35-36,40-47H2,1-2H3,(H,60,61). The zero-order chi connectivity index (χ0) is 46.4. The number of ether oxygens (including phenoxy) is 4. The van der Waals surface area contributed by atoms with Gasteiger partial charge in [0.05, 0.1) is 13.2 Å². The Morgan fingerprint density at radius 2 is 0.800 bits per heavy atom. The third kappa shape index (κ3) is 25.9. The Bertz CT molecular complexity index is 1510. The van der Waals surface area contributed by atoms with Crippen LogP contribution in [0.15, 0.2) is 35.9 Å². The van der Waals surface area contributed by atoms with Crippen LogP contribution in [0, 0.1) is 0 Å². The Morgan fingerprint density at radius 3 is 1.14 bits per heavy atom. The van der Waals surface area contributed by atoms with Crippen LogP contribution in [0.2, 0.25) is 0 Å². The summed E-state index contributed by atoms with van der Waals surface area (Å²) in [5.41, 5.74) is 1.89. The quantitative estimate of drug-likeness (QED) is 0.0563. The molecule has 8 heteroatoms. The van der Waals surface area contributed by atoms with Crippen molar-refractivity contribution in [2.45, 2.75) is 244 Å². The fourth-order valence-electron chi connectivity index (χ4n) is 9.26. The molecule has 2 aromatic carbocycles. The van der Waals surface area contributed by atoms with Gasteiger partial charge in [0.15, 0.2) is 0 Å². The van der Waals surface area contributed by atoms with Gasteiger partial charge >= 0.3 is 5.97 Å². The van der Waals surface area contributed by atoms with Gasteiger partial charge in [-0.05, 0) is 19.3 Å². The second-order valence-electron chi connectivity index (χ2n) is 19.3. The van der Waals surface area contributed by atoms with Crippen LogP contribution in [0.1, 0.15) is 230 Å². The van der Waals surface area contributed by atoms with Gasteiger partial charge in [-0.15, -0.1) is 0 Å². The van der Waals surface area contributed by atoms with E-state index in [9.17, 15) is 20.1 Å².